The lowest BCUT2D eigenvalue weighted by atomic mass is 9.94. The van der Waals surface area contributed by atoms with Gasteiger partial charge in [-0.05, 0) is 39.0 Å². The van der Waals surface area contributed by atoms with Crippen LogP contribution in [0.4, 0.5) is 22.8 Å². The predicted molar refractivity (Wildman–Crippen MR) is 165 cm³/mol. The smallest absolute Gasteiger partial charge is 0.407 e. The van der Waals surface area contributed by atoms with E-state index >= 15 is 0 Å². The van der Waals surface area contributed by atoms with Gasteiger partial charge in [-0.3, -0.25) is 14.5 Å². The van der Waals surface area contributed by atoms with Crippen LogP contribution in [-0.4, -0.2) is 119 Å². The largest absolute Gasteiger partial charge is 0.447 e. The number of hydrogen-bond acceptors (Lipinski definition) is 9. The van der Waals surface area contributed by atoms with Gasteiger partial charge in [0.15, 0.2) is 0 Å². The molecule has 5 amide bonds. The average molecular weight is 680 g/mol. The number of halogens is 3. The van der Waals surface area contributed by atoms with E-state index in [0.717, 1.165) is 23.1 Å². The highest BCUT2D eigenvalue weighted by atomic mass is 19.1. The van der Waals surface area contributed by atoms with E-state index in [-0.39, 0.29) is 69.6 Å². The normalized spacial score (nSPS) is 19.0. The number of aromatic amines is 1. The van der Waals surface area contributed by atoms with Gasteiger partial charge < -0.3 is 40.4 Å². The first-order valence-corrected chi connectivity index (χ1v) is 15.4. The summed E-state index contributed by atoms with van der Waals surface area (Å²) < 4.78 is 53.7. The third-order valence-corrected chi connectivity index (χ3v) is 7.71. The van der Waals surface area contributed by atoms with Crippen LogP contribution >= 0.6 is 0 Å². The summed E-state index contributed by atoms with van der Waals surface area (Å²) in [5.74, 6) is -2.79. The second kappa shape index (κ2) is 16.1. The average Bonchev–Trinajstić information content (AvgIpc) is 3.75. The molecule has 0 aliphatic carbocycles. The standard InChI is InChI=1S/C31H40F3N7O7/c1-18(17-48-30(45)36-8-10-47-11-9-40-25(42)6-7-26(40)43)38-29(44)41(16-19-13-35-14-23(19)34)27(31(2,3)46)28-37-15-24(39-28)21-12-20(32)4-5-22(21)33/h4-7,12,15,18-19,23,27,35,46H,8-11,13-14,16-17H2,1-3H3,(H,36,45)(H,37,39)(H,38,44). The van der Waals surface area contributed by atoms with E-state index in [9.17, 15) is 37.5 Å². The van der Waals surface area contributed by atoms with Crippen molar-refractivity contribution in [1.29, 1.82) is 0 Å². The van der Waals surface area contributed by atoms with Gasteiger partial charge in [0, 0.05) is 49.8 Å². The number of H-pyrrole nitrogens is 1. The Labute approximate surface area is 275 Å². The van der Waals surface area contributed by atoms with Crippen molar-refractivity contribution in [1.82, 2.24) is 35.7 Å². The molecule has 2 aromatic rings. The van der Waals surface area contributed by atoms with E-state index < -0.39 is 65.3 Å². The minimum absolute atomic E-state index is 0.0541. The number of nitrogens with zero attached hydrogens (tertiary/aromatic N) is 3. The minimum Gasteiger partial charge on any atom is -0.447 e. The van der Waals surface area contributed by atoms with Crippen LogP contribution in [0, 0.1) is 17.6 Å². The van der Waals surface area contributed by atoms with Crippen LogP contribution in [0.5, 0.6) is 0 Å². The summed E-state index contributed by atoms with van der Waals surface area (Å²) in [6, 6.07) is 0.284. The van der Waals surface area contributed by atoms with Gasteiger partial charge >= 0.3 is 12.1 Å². The number of benzene rings is 1. The Kier molecular flexibility index (Phi) is 12.2. The monoisotopic (exact) mass is 679 g/mol. The van der Waals surface area contributed by atoms with Crippen LogP contribution in [0.2, 0.25) is 0 Å². The summed E-state index contributed by atoms with van der Waals surface area (Å²) in [6.07, 6.45) is 1.54. The molecule has 1 aromatic heterocycles. The first-order chi connectivity index (χ1) is 22.7. The number of nitrogens with one attached hydrogen (secondary N) is 4. The van der Waals surface area contributed by atoms with Gasteiger partial charge in [0.05, 0.1) is 43.3 Å². The van der Waals surface area contributed by atoms with E-state index in [1.54, 1.807) is 6.92 Å². The van der Waals surface area contributed by atoms with Crippen molar-refractivity contribution in [3.8, 4) is 11.3 Å². The van der Waals surface area contributed by atoms with Crippen molar-refractivity contribution in [3.05, 3.63) is 54.0 Å². The Balaban J connectivity index is 1.35. The molecular weight excluding hydrogens is 639 g/mol. The Morgan fingerprint density at radius 3 is 2.58 bits per heavy atom. The van der Waals surface area contributed by atoms with Crippen molar-refractivity contribution in [2.75, 3.05) is 52.5 Å². The molecule has 1 saturated heterocycles. The van der Waals surface area contributed by atoms with Crippen LogP contribution in [0.1, 0.15) is 32.6 Å². The Morgan fingerprint density at radius 2 is 1.92 bits per heavy atom. The number of ether oxygens (including phenoxy) is 2. The molecule has 4 unspecified atom stereocenters. The Bertz CT molecular complexity index is 1480. The SMILES string of the molecule is CC(COC(=O)NCCOCCN1C(=O)C=CC1=O)NC(=O)N(CC1CNCC1F)C(c1ncc(-c2cc(F)ccc2F)[nH]1)C(C)(C)O. The van der Waals surface area contributed by atoms with E-state index in [1.807, 2.05) is 0 Å². The zero-order valence-corrected chi connectivity index (χ0v) is 26.8. The Hall–Kier alpha value is -4.48. The molecule has 4 rings (SSSR count). The molecule has 0 saturated carbocycles. The molecule has 48 heavy (non-hydrogen) atoms. The summed E-state index contributed by atoms with van der Waals surface area (Å²) in [5.41, 5.74) is -1.65. The molecule has 14 nitrogen and oxygen atoms in total. The quantitative estimate of drug-likeness (QED) is 0.139. The van der Waals surface area contributed by atoms with Gasteiger partial charge in [0.25, 0.3) is 11.8 Å². The van der Waals surface area contributed by atoms with Crippen molar-refractivity contribution >= 4 is 23.9 Å². The van der Waals surface area contributed by atoms with Crippen LogP contribution in [0.25, 0.3) is 11.3 Å². The summed E-state index contributed by atoms with van der Waals surface area (Å²) in [7, 11) is 0. The summed E-state index contributed by atoms with van der Waals surface area (Å²) in [4.78, 5) is 58.4. The van der Waals surface area contributed by atoms with Crippen LogP contribution in [-0.2, 0) is 19.1 Å². The fourth-order valence-electron chi connectivity index (χ4n) is 5.34. The number of carbonyl (C=O) groups excluding carboxylic acids is 4. The van der Waals surface area contributed by atoms with Crippen molar-refractivity contribution < 1.29 is 46.9 Å². The Morgan fingerprint density at radius 1 is 1.19 bits per heavy atom. The van der Waals surface area contributed by atoms with Crippen molar-refractivity contribution in [2.45, 2.75) is 44.6 Å². The van der Waals surface area contributed by atoms with Gasteiger partial charge in [0.2, 0.25) is 0 Å². The number of alkyl carbamates (subject to hydrolysis) is 1. The number of amides is 5. The van der Waals surface area contributed by atoms with E-state index in [4.69, 9.17) is 9.47 Å². The fraction of sp³-hybridized carbons (Fsp3) is 0.516. The lowest BCUT2D eigenvalue weighted by Crippen LogP contribution is -2.54. The third kappa shape index (κ3) is 9.54. The lowest BCUT2D eigenvalue weighted by Gasteiger charge is -2.39. The third-order valence-electron chi connectivity index (χ3n) is 7.71. The number of aliphatic hydroxyl groups is 1. The minimum atomic E-state index is -1.65. The number of alkyl halides is 1. The molecule has 3 heterocycles. The lowest BCUT2D eigenvalue weighted by molar-refractivity contribution is -0.137. The van der Waals surface area contributed by atoms with Gasteiger partial charge in [0.1, 0.15) is 36.3 Å². The van der Waals surface area contributed by atoms with Crippen LogP contribution < -0.4 is 16.0 Å². The molecule has 0 bridgehead atoms. The van der Waals surface area contributed by atoms with E-state index in [1.165, 1.54) is 37.1 Å². The zero-order valence-electron chi connectivity index (χ0n) is 26.8. The maximum absolute atomic E-state index is 14.7. The molecule has 0 spiro atoms. The van der Waals surface area contributed by atoms with Crippen LogP contribution in [0.15, 0.2) is 36.5 Å². The van der Waals surface area contributed by atoms with E-state index in [2.05, 4.69) is 25.9 Å². The maximum atomic E-state index is 14.7. The first kappa shape index (κ1) is 36.4. The molecule has 4 atom stereocenters. The molecule has 1 aromatic carbocycles. The first-order valence-electron chi connectivity index (χ1n) is 15.4. The zero-order chi connectivity index (χ0) is 35.0. The number of rotatable bonds is 15. The number of imidazole rings is 1. The van der Waals surface area contributed by atoms with Crippen LogP contribution in [0.3, 0.4) is 0 Å². The number of carbonyl (C=O) groups is 4. The molecule has 1 fully saturated rings. The predicted octanol–water partition coefficient (Wildman–Crippen LogP) is 1.79. The van der Waals surface area contributed by atoms with Gasteiger partial charge in [-0.15, -0.1) is 0 Å². The maximum Gasteiger partial charge on any atom is 0.407 e. The molecule has 2 aliphatic rings. The van der Waals surface area contributed by atoms with Gasteiger partial charge in [-0.2, -0.15) is 0 Å². The fourth-order valence-corrected chi connectivity index (χ4v) is 5.34. The molecule has 17 heteroatoms. The highest BCUT2D eigenvalue weighted by molar-refractivity contribution is 6.12. The molecule has 2 aliphatic heterocycles. The summed E-state index contributed by atoms with van der Waals surface area (Å²) >= 11 is 0. The molecule has 262 valence electrons. The molecule has 5 N–H and O–H groups in total. The molecule has 0 radical (unpaired) electrons. The summed E-state index contributed by atoms with van der Waals surface area (Å²) in [6.45, 7) is 4.76. The number of aromatic nitrogens is 2. The molecular formula is C31H40F3N7O7. The highest BCUT2D eigenvalue weighted by Gasteiger charge is 2.42. The highest BCUT2D eigenvalue weighted by Crippen LogP contribution is 2.34. The van der Waals surface area contributed by atoms with Crippen molar-refractivity contribution in [2.24, 2.45) is 5.92 Å². The second-order valence-corrected chi connectivity index (χ2v) is 12.1. The topological polar surface area (TPSA) is 178 Å². The second-order valence-electron chi connectivity index (χ2n) is 12.1. The number of imide groups is 1. The number of hydrogen-bond donors (Lipinski definition) is 5. The van der Waals surface area contributed by atoms with E-state index in [0.29, 0.717) is 0 Å². The summed E-state index contributed by atoms with van der Waals surface area (Å²) in [5, 5.41) is 19.4. The van der Waals surface area contributed by atoms with Gasteiger partial charge in [-0.25, -0.2) is 27.7 Å². The van der Waals surface area contributed by atoms with Crippen molar-refractivity contribution in [3.63, 3.8) is 0 Å². The number of urea groups is 1. The van der Waals surface area contributed by atoms with Gasteiger partial charge in [-0.1, -0.05) is 0 Å².